The first-order valence-corrected chi connectivity index (χ1v) is 10.8. The van der Waals surface area contributed by atoms with E-state index in [1.165, 1.54) is 25.7 Å². The van der Waals surface area contributed by atoms with E-state index in [9.17, 15) is 9.59 Å². The van der Waals surface area contributed by atoms with Crippen LogP contribution in [0.3, 0.4) is 0 Å². The Morgan fingerprint density at radius 3 is 2.59 bits per heavy atom. The molecule has 1 saturated heterocycles. The standard InChI is InChI=1S/C21H32N4O2/c26-19(12-15-6-1-2-7-15)25-11-5-10-17(14-25)20-18(13-22-24-20)23-21(27)16-8-3-4-9-16/h13,15-17H,1-12,14H2,(H,22,24)(H,23,27)/t17-/m0/s1. The van der Waals surface area contributed by atoms with Crippen LogP contribution in [0.5, 0.6) is 0 Å². The summed E-state index contributed by atoms with van der Waals surface area (Å²) in [5.74, 6) is 1.39. The number of nitrogens with one attached hydrogen (secondary N) is 2. The lowest BCUT2D eigenvalue weighted by atomic mass is 9.93. The molecule has 2 saturated carbocycles. The minimum absolute atomic E-state index is 0.125. The van der Waals surface area contributed by atoms with Gasteiger partial charge in [0.2, 0.25) is 11.8 Å². The zero-order chi connectivity index (χ0) is 18.6. The Labute approximate surface area is 161 Å². The third kappa shape index (κ3) is 4.36. The minimum Gasteiger partial charge on any atom is -0.342 e. The number of hydrogen-bond acceptors (Lipinski definition) is 3. The largest absolute Gasteiger partial charge is 0.342 e. The molecule has 0 bridgehead atoms. The summed E-state index contributed by atoms with van der Waals surface area (Å²) in [5.41, 5.74) is 1.79. The summed E-state index contributed by atoms with van der Waals surface area (Å²) in [7, 11) is 0. The topological polar surface area (TPSA) is 78.1 Å². The SMILES string of the molecule is O=C(Nc1cn[nH]c1[C@H]1CCCN(C(=O)CC2CCCC2)C1)C1CCCC1. The van der Waals surface area contributed by atoms with Gasteiger partial charge in [-0.2, -0.15) is 5.10 Å². The van der Waals surface area contributed by atoms with E-state index in [2.05, 4.69) is 15.5 Å². The molecule has 6 nitrogen and oxygen atoms in total. The van der Waals surface area contributed by atoms with Crippen LogP contribution in [0.25, 0.3) is 0 Å². The van der Waals surface area contributed by atoms with Crippen LogP contribution in [0.2, 0.25) is 0 Å². The Bertz CT molecular complexity index is 659. The number of anilines is 1. The number of hydrogen-bond donors (Lipinski definition) is 2. The molecule has 2 N–H and O–H groups in total. The molecule has 2 heterocycles. The molecule has 3 aliphatic rings. The highest BCUT2D eigenvalue weighted by Gasteiger charge is 2.30. The van der Waals surface area contributed by atoms with Crippen molar-refractivity contribution >= 4 is 17.5 Å². The Balaban J connectivity index is 1.37. The fraction of sp³-hybridized carbons (Fsp3) is 0.762. The highest BCUT2D eigenvalue weighted by molar-refractivity contribution is 5.93. The third-order valence-corrected chi connectivity index (χ3v) is 6.77. The van der Waals surface area contributed by atoms with E-state index in [4.69, 9.17) is 0 Å². The zero-order valence-corrected chi connectivity index (χ0v) is 16.2. The average molecular weight is 373 g/mol. The van der Waals surface area contributed by atoms with E-state index >= 15 is 0 Å². The number of aromatic nitrogens is 2. The first-order valence-electron chi connectivity index (χ1n) is 10.8. The fourth-order valence-corrected chi connectivity index (χ4v) is 5.16. The molecule has 0 unspecified atom stereocenters. The predicted octanol–water partition coefficient (Wildman–Crippen LogP) is 3.82. The van der Waals surface area contributed by atoms with Crippen molar-refractivity contribution in [2.24, 2.45) is 11.8 Å². The quantitative estimate of drug-likeness (QED) is 0.825. The first kappa shape index (κ1) is 18.5. The molecule has 1 aromatic rings. The lowest BCUT2D eigenvalue weighted by Gasteiger charge is -2.33. The van der Waals surface area contributed by atoms with Crippen LogP contribution in [-0.2, 0) is 9.59 Å². The summed E-state index contributed by atoms with van der Waals surface area (Å²) in [4.78, 5) is 27.3. The van der Waals surface area contributed by atoms with Crippen molar-refractivity contribution in [2.75, 3.05) is 18.4 Å². The first-order chi connectivity index (χ1) is 13.2. The molecule has 2 aliphatic carbocycles. The van der Waals surface area contributed by atoms with Gasteiger partial charge in [0, 0.05) is 31.3 Å². The van der Waals surface area contributed by atoms with Crippen LogP contribution in [-0.4, -0.2) is 40.0 Å². The van der Waals surface area contributed by atoms with Gasteiger partial charge in [-0.15, -0.1) is 0 Å². The normalized spacial score (nSPS) is 24.4. The number of nitrogens with zero attached hydrogens (tertiary/aromatic N) is 2. The summed E-state index contributed by atoms with van der Waals surface area (Å²) < 4.78 is 0. The number of likely N-dealkylation sites (tertiary alicyclic amines) is 1. The fourth-order valence-electron chi connectivity index (χ4n) is 5.16. The van der Waals surface area contributed by atoms with Gasteiger partial charge in [0.25, 0.3) is 0 Å². The molecule has 1 aromatic heterocycles. The maximum Gasteiger partial charge on any atom is 0.227 e. The van der Waals surface area contributed by atoms with Gasteiger partial charge in [0.15, 0.2) is 0 Å². The molecule has 0 spiro atoms. The summed E-state index contributed by atoms with van der Waals surface area (Å²) >= 11 is 0. The van der Waals surface area contributed by atoms with E-state index in [-0.39, 0.29) is 17.7 Å². The maximum atomic E-state index is 12.7. The van der Waals surface area contributed by atoms with Gasteiger partial charge in [-0.25, -0.2) is 0 Å². The number of carbonyl (C=O) groups excluding carboxylic acids is 2. The van der Waals surface area contributed by atoms with Crippen LogP contribution in [0.4, 0.5) is 5.69 Å². The molecule has 0 aromatic carbocycles. The van der Waals surface area contributed by atoms with E-state index in [1.54, 1.807) is 6.20 Å². The minimum atomic E-state index is 0.125. The van der Waals surface area contributed by atoms with Crippen molar-refractivity contribution in [3.63, 3.8) is 0 Å². The number of amides is 2. The molecule has 1 aliphatic heterocycles. The van der Waals surface area contributed by atoms with Crippen molar-refractivity contribution in [1.82, 2.24) is 15.1 Å². The Morgan fingerprint density at radius 1 is 1.07 bits per heavy atom. The summed E-state index contributed by atoms with van der Waals surface area (Å²) in [6.07, 6.45) is 13.7. The van der Waals surface area contributed by atoms with Crippen molar-refractivity contribution < 1.29 is 9.59 Å². The maximum absolute atomic E-state index is 12.7. The molecule has 4 rings (SSSR count). The molecular formula is C21H32N4O2. The second-order valence-corrected chi connectivity index (χ2v) is 8.70. The zero-order valence-electron chi connectivity index (χ0n) is 16.2. The lowest BCUT2D eigenvalue weighted by Crippen LogP contribution is -2.40. The Hall–Kier alpha value is -1.85. The van der Waals surface area contributed by atoms with Crippen molar-refractivity contribution in [1.29, 1.82) is 0 Å². The van der Waals surface area contributed by atoms with E-state index < -0.39 is 0 Å². The van der Waals surface area contributed by atoms with Gasteiger partial charge >= 0.3 is 0 Å². The highest BCUT2D eigenvalue weighted by Crippen LogP contribution is 2.33. The van der Waals surface area contributed by atoms with E-state index in [0.29, 0.717) is 18.2 Å². The predicted molar refractivity (Wildman–Crippen MR) is 104 cm³/mol. The van der Waals surface area contributed by atoms with Crippen molar-refractivity contribution in [3.05, 3.63) is 11.9 Å². The lowest BCUT2D eigenvalue weighted by molar-refractivity contribution is -0.133. The second kappa shape index (κ2) is 8.44. The van der Waals surface area contributed by atoms with Crippen LogP contribution in [0, 0.1) is 11.8 Å². The third-order valence-electron chi connectivity index (χ3n) is 6.77. The second-order valence-electron chi connectivity index (χ2n) is 8.70. The number of piperidine rings is 1. The molecule has 1 atom stereocenters. The summed E-state index contributed by atoms with van der Waals surface area (Å²) in [5, 5.41) is 10.4. The van der Waals surface area contributed by atoms with E-state index in [1.807, 2.05) is 4.90 Å². The van der Waals surface area contributed by atoms with Gasteiger partial charge in [0.1, 0.15) is 0 Å². The summed E-state index contributed by atoms with van der Waals surface area (Å²) in [6, 6.07) is 0. The molecule has 0 radical (unpaired) electrons. The molecule has 27 heavy (non-hydrogen) atoms. The van der Waals surface area contributed by atoms with Gasteiger partial charge < -0.3 is 10.2 Å². The monoisotopic (exact) mass is 372 g/mol. The number of H-pyrrole nitrogens is 1. The average Bonchev–Trinajstić information content (AvgIpc) is 3.44. The summed E-state index contributed by atoms with van der Waals surface area (Å²) in [6.45, 7) is 1.60. The van der Waals surface area contributed by atoms with Gasteiger partial charge in [-0.1, -0.05) is 25.7 Å². The van der Waals surface area contributed by atoms with Crippen LogP contribution < -0.4 is 5.32 Å². The van der Waals surface area contributed by atoms with Gasteiger partial charge in [-0.05, 0) is 44.4 Å². The molecule has 3 fully saturated rings. The Morgan fingerprint density at radius 2 is 1.81 bits per heavy atom. The van der Waals surface area contributed by atoms with Crippen LogP contribution in [0.1, 0.15) is 82.2 Å². The van der Waals surface area contributed by atoms with Crippen LogP contribution >= 0.6 is 0 Å². The van der Waals surface area contributed by atoms with Crippen molar-refractivity contribution in [2.45, 2.75) is 76.5 Å². The number of aromatic amines is 1. The molecule has 2 amide bonds. The van der Waals surface area contributed by atoms with E-state index in [0.717, 1.165) is 63.0 Å². The smallest absolute Gasteiger partial charge is 0.227 e. The molecule has 6 heteroatoms. The van der Waals surface area contributed by atoms with Gasteiger partial charge in [-0.3, -0.25) is 14.7 Å². The molecular weight excluding hydrogens is 340 g/mol. The number of carbonyl (C=O) groups is 2. The van der Waals surface area contributed by atoms with Gasteiger partial charge in [0.05, 0.1) is 17.6 Å². The van der Waals surface area contributed by atoms with Crippen molar-refractivity contribution in [3.8, 4) is 0 Å². The van der Waals surface area contributed by atoms with Crippen LogP contribution in [0.15, 0.2) is 6.20 Å². The number of rotatable bonds is 5. The highest BCUT2D eigenvalue weighted by atomic mass is 16.2. The Kier molecular flexibility index (Phi) is 5.79. The molecule has 148 valence electrons.